The summed E-state index contributed by atoms with van der Waals surface area (Å²) in [4.78, 5) is 13.0. The maximum absolute atomic E-state index is 13.8. The molecule has 138 valence electrons. The minimum absolute atomic E-state index is 0.0180. The molecule has 0 aromatic heterocycles. The van der Waals surface area contributed by atoms with Gasteiger partial charge in [-0.25, -0.2) is 17.2 Å². The zero-order valence-electron chi connectivity index (χ0n) is 14.1. The van der Waals surface area contributed by atoms with Gasteiger partial charge in [0.1, 0.15) is 16.5 Å². The van der Waals surface area contributed by atoms with Crippen LogP contribution < -0.4 is 9.62 Å². The minimum Gasteiger partial charge on any atom is -0.312 e. The molecule has 2 aromatic rings. The average molecular weight is 380 g/mol. The van der Waals surface area contributed by atoms with Gasteiger partial charge in [-0.15, -0.1) is 0 Å². The first-order valence-electron chi connectivity index (χ1n) is 8.17. The molecule has 26 heavy (non-hydrogen) atoms. The van der Waals surface area contributed by atoms with Crippen LogP contribution in [0.3, 0.4) is 0 Å². The third kappa shape index (κ3) is 3.70. The number of nitrogens with one attached hydrogen (secondary N) is 1. The van der Waals surface area contributed by atoms with E-state index in [0.717, 1.165) is 30.5 Å². The number of carbonyl (C=O) groups excluding carboxylic acids is 1. The van der Waals surface area contributed by atoms with Crippen LogP contribution in [0, 0.1) is 18.6 Å². The summed E-state index contributed by atoms with van der Waals surface area (Å²) in [7, 11) is -4.31. The molecule has 3 rings (SSSR count). The molecule has 8 heteroatoms. The molecule has 0 radical (unpaired) electrons. The highest BCUT2D eigenvalue weighted by atomic mass is 32.2. The molecule has 1 aliphatic heterocycles. The van der Waals surface area contributed by atoms with Gasteiger partial charge in [0.2, 0.25) is 5.91 Å². The number of benzene rings is 2. The fourth-order valence-corrected chi connectivity index (χ4v) is 4.06. The third-order valence-corrected chi connectivity index (χ3v) is 5.65. The Bertz CT molecular complexity index is 961. The Labute approximate surface area is 150 Å². The summed E-state index contributed by atoms with van der Waals surface area (Å²) in [5, 5.41) is 0. The lowest BCUT2D eigenvalue weighted by Gasteiger charge is -2.28. The molecule has 1 N–H and O–H groups in total. The van der Waals surface area contributed by atoms with Gasteiger partial charge in [-0.05, 0) is 55.7 Å². The second-order valence-electron chi connectivity index (χ2n) is 6.18. The number of aryl methyl sites for hydroxylation is 1. The van der Waals surface area contributed by atoms with Crippen molar-refractivity contribution in [3.8, 4) is 0 Å². The zero-order chi connectivity index (χ0) is 18.9. The molecule has 2 aromatic carbocycles. The zero-order valence-corrected chi connectivity index (χ0v) is 14.9. The lowest BCUT2D eigenvalue weighted by molar-refractivity contribution is -0.119. The van der Waals surface area contributed by atoms with Gasteiger partial charge in [-0.2, -0.15) is 0 Å². The van der Waals surface area contributed by atoms with Gasteiger partial charge in [0, 0.05) is 18.7 Å². The van der Waals surface area contributed by atoms with Crippen LogP contribution in [-0.2, 0) is 14.8 Å². The van der Waals surface area contributed by atoms with Crippen LogP contribution in [0.2, 0.25) is 0 Å². The largest absolute Gasteiger partial charge is 0.312 e. The lowest BCUT2D eigenvalue weighted by Crippen LogP contribution is -2.35. The van der Waals surface area contributed by atoms with Crippen LogP contribution in [0.15, 0.2) is 41.3 Å². The molecule has 0 aliphatic carbocycles. The highest BCUT2D eigenvalue weighted by Crippen LogP contribution is 2.29. The topological polar surface area (TPSA) is 66.5 Å². The molecule has 0 atom stereocenters. The van der Waals surface area contributed by atoms with Gasteiger partial charge in [0.05, 0.1) is 5.69 Å². The molecule has 1 amide bonds. The maximum atomic E-state index is 13.8. The average Bonchev–Trinajstić information content (AvgIpc) is 2.59. The SMILES string of the molecule is Cc1ccc(NS(=O)(=O)c2cc(F)ccc2F)cc1N1CCCCC1=O. The van der Waals surface area contributed by atoms with E-state index in [1.54, 1.807) is 11.0 Å². The first kappa shape index (κ1) is 18.3. The van der Waals surface area contributed by atoms with Crippen molar-refractivity contribution >= 4 is 27.3 Å². The van der Waals surface area contributed by atoms with Crippen molar-refractivity contribution in [2.24, 2.45) is 0 Å². The van der Waals surface area contributed by atoms with Crippen LogP contribution in [0.5, 0.6) is 0 Å². The van der Waals surface area contributed by atoms with Gasteiger partial charge in [0.15, 0.2) is 0 Å². The summed E-state index contributed by atoms with van der Waals surface area (Å²) in [6.45, 7) is 2.39. The standard InChI is InChI=1S/C18H18F2N2O3S/c1-12-5-7-14(11-16(12)22-9-3-2-4-18(22)23)21-26(24,25)17-10-13(19)6-8-15(17)20/h5-8,10-11,21H,2-4,9H2,1H3. The van der Waals surface area contributed by atoms with E-state index in [0.29, 0.717) is 24.7 Å². The van der Waals surface area contributed by atoms with Crippen molar-refractivity contribution in [1.29, 1.82) is 0 Å². The number of piperidine rings is 1. The first-order chi connectivity index (χ1) is 12.3. The van der Waals surface area contributed by atoms with Crippen molar-refractivity contribution in [3.63, 3.8) is 0 Å². The number of anilines is 2. The number of sulfonamides is 1. The van der Waals surface area contributed by atoms with Crippen LogP contribution >= 0.6 is 0 Å². The van der Waals surface area contributed by atoms with E-state index >= 15 is 0 Å². The Morgan fingerprint density at radius 2 is 1.85 bits per heavy atom. The molecule has 0 bridgehead atoms. The smallest absolute Gasteiger partial charge is 0.264 e. The van der Waals surface area contributed by atoms with Gasteiger partial charge in [0.25, 0.3) is 10.0 Å². The maximum Gasteiger partial charge on any atom is 0.264 e. The predicted molar refractivity (Wildman–Crippen MR) is 94.5 cm³/mol. The fourth-order valence-electron chi connectivity index (χ4n) is 2.92. The third-order valence-electron chi connectivity index (χ3n) is 4.26. The van der Waals surface area contributed by atoms with E-state index in [9.17, 15) is 22.0 Å². The van der Waals surface area contributed by atoms with E-state index in [4.69, 9.17) is 0 Å². The molecule has 1 heterocycles. The predicted octanol–water partition coefficient (Wildman–Crippen LogP) is 3.59. The minimum atomic E-state index is -4.31. The van der Waals surface area contributed by atoms with E-state index in [1.807, 2.05) is 6.92 Å². The van der Waals surface area contributed by atoms with Crippen LogP contribution in [-0.4, -0.2) is 20.9 Å². The summed E-state index contributed by atoms with van der Waals surface area (Å²) >= 11 is 0. The molecule has 0 unspecified atom stereocenters. The number of hydrogen-bond acceptors (Lipinski definition) is 3. The number of halogens is 2. The Hall–Kier alpha value is -2.48. The van der Waals surface area contributed by atoms with Gasteiger partial charge >= 0.3 is 0 Å². The van der Waals surface area contributed by atoms with Crippen LogP contribution in [0.4, 0.5) is 20.2 Å². The number of nitrogens with zero attached hydrogens (tertiary/aromatic N) is 1. The number of amides is 1. The Morgan fingerprint density at radius 3 is 2.58 bits per heavy atom. The normalized spacial score (nSPS) is 15.2. The van der Waals surface area contributed by atoms with E-state index in [-0.39, 0.29) is 11.6 Å². The lowest BCUT2D eigenvalue weighted by atomic mass is 10.1. The molecule has 0 saturated carbocycles. The molecule has 1 aliphatic rings. The van der Waals surface area contributed by atoms with E-state index < -0.39 is 26.6 Å². The molecule has 1 fully saturated rings. The summed E-state index contributed by atoms with van der Waals surface area (Å²) < 4.78 is 54.2. The van der Waals surface area contributed by atoms with E-state index in [1.165, 1.54) is 12.1 Å². The number of carbonyl (C=O) groups is 1. The van der Waals surface area contributed by atoms with Crippen molar-refractivity contribution in [3.05, 3.63) is 53.6 Å². The highest BCUT2D eigenvalue weighted by molar-refractivity contribution is 7.92. The molecular formula is C18H18F2N2O3S. The monoisotopic (exact) mass is 380 g/mol. The first-order valence-corrected chi connectivity index (χ1v) is 9.65. The van der Waals surface area contributed by atoms with Crippen molar-refractivity contribution in [2.75, 3.05) is 16.2 Å². The van der Waals surface area contributed by atoms with Gasteiger partial charge in [-0.1, -0.05) is 6.07 Å². The molecule has 0 spiro atoms. The summed E-state index contributed by atoms with van der Waals surface area (Å²) in [5.74, 6) is -1.91. The van der Waals surface area contributed by atoms with E-state index in [2.05, 4.69) is 4.72 Å². The highest BCUT2D eigenvalue weighted by Gasteiger charge is 2.23. The van der Waals surface area contributed by atoms with Crippen LogP contribution in [0.25, 0.3) is 0 Å². The Kier molecular flexibility index (Phi) is 4.95. The van der Waals surface area contributed by atoms with Gasteiger partial charge in [-0.3, -0.25) is 9.52 Å². The van der Waals surface area contributed by atoms with Crippen molar-refractivity contribution in [2.45, 2.75) is 31.1 Å². The number of rotatable bonds is 4. The van der Waals surface area contributed by atoms with Crippen molar-refractivity contribution < 1.29 is 22.0 Å². The van der Waals surface area contributed by atoms with Gasteiger partial charge < -0.3 is 4.90 Å². The molecular weight excluding hydrogens is 362 g/mol. The number of hydrogen-bond donors (Lipinski definition) is 1. The second kappa shape index (κ2) is 7.03. The quantitative estimate of drug-likeness (QED) is 0.882. The molecule has 5 nitrogen and oxygen atoms in total. The second-order valence-corrected chi connectivity index (χ2v) is 7.83. The summed E-state index contributed by atoms with van der Waals surface area (Å²) in [6.07, 6.45) is 2.15. The summed E-state index contributed by atoms with van der Waals surface area (Å²) in [6, 6.07) is 6.96. The molecule has 1 saturated heterocycles. The van der Waals surface area contributed by atoms with Crippen LogP contribution in [0.1, 0.15) is 24.8 Å². The Morgan fingerprint density at radius 1 is 1.08 bits per heavy atom. The Balaban J connectivity index is 1.94. The fraction of sp³-hybridized carbons (Fsp3) is 0.278. The summed E-state index contributed by atoms with van der Waals surface area (Å²) in [5.41, 5.74) is 1.60. The van der Waals surface area contributed by atoms with Crippen molar-refractivity contribution in [1.82, 2.24) is 0 Å².